The lowest BCUT2D eigenvalue weighted by Gasteiger charge is -2.28. The molecule has 3 aliphatic rings. The smallest absolute Gasteiger partial charge is 0.387 e. The van der Waals surface area contributed by atoms with E-state index in [9.17, 15) is 22.0 Å². The van der Waals surface area contributed by atoms with E-state index >= 15 is 0 Å². The van der Waals surface area contributed by atoms with Crippen molar-refractivity contribution in [1.82, 2.24) is 9.21 Å². The van der Waals surface area contributed by atoms with Crippen LogP contribution in [0.5, 0.6) is 5.75 Å². The topological polar surface area (TPSA) is 66.9 Å². The summed E-state index contributed by atoms with van der Waals surface area (Å²) in [5, 5.41) is 0. The highest BCUT2D eigenvalue weighted by Gasteiger charge is 2.44. The van der Waals surface area contributed by atoms with E-state index in [2.05, 4.69) is 4.74 Å². The van der Waals surface area contributed by atoms with E-state index < -0.39 is 22.7 Å². The summed E-state index contributed by atoms with van der Waals surface area (Å²) in [6, 6.07) is 4.05. The zero-order valence-corrected chi connectivity index (χ0v) is 17.5. The lowest BCUT2D eigenvalue weighted by Crippen LogP contribution is -2.48. The number of rotatable bonds is 6. The van der Waals surface area contributed by atoms with Crippen LogP contribution in [0.3, 0.4) is 0 Å². The number of thioether (sulfide) groups is 1. The van der Waals surface area contributed by atoms with Gasteiger partial charge in [-0.15, -0.1) is 11.8 Å². The number of amides is 1. The van der Waals surface area contributed by atoms with Gasteiger partial charge in [-0.2, -0.15) is 13.1 Å². The van der Waals surface area contributed by atoms with Gasteiger partial charge in [0.15, 0.2) is 0 Å². The number of allylic oxidation sites excluding steroid dienone is 1. The Morgan fingerprint density at radius 2 is 2.07 bits per heavy atom. The lowest BCUT2D eigenvalue weighted by molar-refractivity contribution is -0.133. The maximum absolute atomic E-state index is 13.3. The van der Waals surface area contributed by atoms with E-state index in [1.54, 1.807) is 24.1 Å². The molecule has 1 aliphatic heterocycles. The fourth-order valence-electron chi connectivity index (χ4n) is 3.71. The van der Waals surface area contributed by atoms with Gasteiger partial charge in [-0.25, -0.2) is 8.42 Å². The number of halogens is 2. The molecule has 1 aromatic carbocycles. The van der Waals surface area contributed by atoms with Crippen LogP contribution in [0.1, 0.15) is 30.4 Å². The molecule has 158 valence electrons. The number of fused-ring (bicyclic) bond motifs is 1. The Hall–Kier alpha value is -1.65. The Kier molecular flexibility index (Phi) is 5.60. The molecule has 1 heterocycles. The summed E-state index contributed by atoms with van der Waals surface area (Å²) >= 11 is 1.44. The van der Waals surface area contributed by atoms with Gasteiger partial charge in [-0.1, -0.05) is 6.07 Å². The maximum Gasteiger partial charge on any atom is 0.387 e. The monoisotopic (exact) mass is 444 g/mol. The second-order valence-electron chi connectivity index (χ2n) is 7.44. The molecule has 0 radical (unpaired) electrons. The minimum Gasteiger partial charge on any atom is -0.435 e. The van der Waals surface area contributed by atoms with E-state index in [1.165, 1.54) is 28.2 Å². The lowest BCUT2D eigenvalue weighted by atomic mass is 9.97. The number of hydrogen-bond donors (Lipinski definition) is 0. The van der Waals surface area contributed by atoms with Crippen molar-refractivity contribution in [2.45, 2.75) is 44.4 Å². The van der Waals surface area contributed by atoms with Crippen LogP contribution >= 0.6 is 11.8 Å². The number of ether oxygens (including phenoxy) is 1. The molecule has 1 saturated carbocycles. The molecule has 0 aromatic heterocycles. The molecule has 4 rings (SSSR count). The third-order valence-corrected chi connectivity index (χ3v) is 8.67. The first-order valence-electron chi connectivity index (χ1n) is 9.42. The van der Waals surface area contributed by atoms with Gasteiger partial charge in [0.05, 0.1) is 10.8 Å². The normalized spacial score (nSPS) is 22.3. The van der Waals surface area contributed by atoms with Gasteiger partial charge in [0.2, 0.25) is 15.9 Å². The molecule has 1 amide bonds. The highest BCUT2D eigenvalue weighted by molar-refractivity contribution is 8.01. The predicted molar refractivity (Wildman–Crippen MR) is 107 cm³/mol. The van der Waals surface area contributed by atoms with Crippen molar-refractivity contribution in [3.05, 3.63) is 34.2 Å². The van der Waals surface area contributed by atoms with Crippen molar-refractivity contribution in [1.29, 1.82) is 0 Å². The molecule has 0 N–H and O–H groups in total. The number of hydrogen-bond acceptors (Lipinski definition) is 5. The third kappa shape index (κ3) is 4.15. The van der Waals surface area contributed by atoms with Crippen molar-refractivity contribution in [3.63, 3.8) is 0 Å². The van der Waals surface area contributed by atoms with Crippen LogP contribution in [0.4, 0.5) is 8.78 Å². The molecule has 2 fully saturated rings. The molecule has 1 unspecified atom stereocenters. The first-order chi connectivity index (χ1) is 13.8. The second kappa shape index (κ2) is 7.88. The number of benzene rings is 1. The van der Waals surface area contributed by atoms with Crippen LogP contribution in [0, 0.1) is 0 Å². The fraction of sp³-hybridized carbons (Fsp3) is 0.526. The summed E-state index contributed by atoms with van der Waals surface area (Å²) in [6.07, 6.45) is 4.17. The Balaban J connectivity index is 1.57. The van der Waals surface area contributed by atoms with Gasteiger partial charge in [0.1, 0.15) is 11.8 Å². The van der Waals surface area contributed by atoms with E-state index in [0.29, 0.717) is 17.7 Å². The number of aryl methyl sites for hydroxylation is 1. The molecule has 2 aliphatic carbocycles. The molecule has 10 heteroatoms. The average molecular weight is 445 g/mol. The minimum atomic E-state index is -3.79. The van der Waals surface area contributed by atoms with Crippen LogP contribution in [-0.4, -0.2) is 60.9 Å². The number of sulfonamides is 1. The Morgan fingerprint density at radius 1 is 1.31 bits per heavy atom. The number of likely N-dealkylation sites (N-methyl/N-ethyl adjacent to an activating group) is 1. The number of alkyl halides is 2. The van der Waals surface area contributed by atoms with E-state index in [-0.39, 0.29) is 34.9 Å². The second-order valence-corrected chi connectivity index (χ2v) is 10.4. The summed E-state index contributed by atoms with van der Waals surface area (Å²) in [5.41, 5.74) is 1.43. The fourth-order valence-corrected chi connectivity index (χ4v) is 7.03. The van der Waals surface area contributed by atoms with Crippen molar-refractivity contribution in [3.8, 4) is 5.75 Å². The van der Waals surface area contributed by atoms with Gasteiger partial charge >= 0.3 is 6.61 Å². The highest BCUT2D eigenvalue weighted by Crippen LogP contribution is 2.36. The maximum atomic E-state index is 13.3. The minimum absolute atomic E-state index is 0.0585. The zero-order chi connectivity index (χ0) is 20.8. The first-order valence-corrected chi connectivity index (χ1v) is 12.0. The predicted octanol–water partition coefficient (Wildman–Crippen LogP) is 2.90. The number of nitrogens with zero attached hydrogens (tertiary/aromatic N) is 2. The molecular weight excluding hydrogens is 422 g/mol. The summed E-state index contributed by atoms with van der Waals surface area (Å²) in [4.78, 5) is 14.7. The number of carbonyl (C=O) groups is 1. The summed E-state index contributed by atoms with van der Waals surface area (Å²) in [6.45, 7) is -2.90. The van der Waals surface area contributed by atoms with Crippen molar-refractivity contribution >= 4 is 33.8 Å². The van der Waals surface area contributed by atoms with Crippen LogP contribution in [0.2, 0.25) is 0 Å². The van der Waals surface area contributed by atoms with Gasteiger partial charge < -0.3 is 9.64 Å². The van der Waals surface area contributed by atoms with Crippen LogP contribution < -0.4 is 4.74 Å². The highest BCUT2D eigenvalue weighted by atomic mass is 32.2. The Bertz CT molecular complexity index is 948. The quantitative estimate of drug-likeness (QED) is 0.675. The zero-order valence-electron chi connectivity index (χ0n) is 15.9. The molecule has 0 bridgehead atoms. The van der Waals surface area contributed by atoms with Crippen LogP contribution in [0.15, 0.2) is 23.1 Å². The Labute approximate surface area is 172 Å². The van der Waals surface area contributed by atoms with Crippen LogP contribution in [-0.2, 0) is 21.2 Å². The molecular formula is C19H22F2N2O4S2. The first kappa shape index (κ1) is 20.6. The van der Waals surface area contributed by atoms with Gasteiger partial charge in [-0.3, -0.25) is 4.79 Å². The average Bonchev–Trinajstić information content (AvgIpc) is 3.41. The van der Waals surface area contributed by atoms with Crippen LogP contribution in [0.25, 0.3) is 6.08 Å². The van der Waals surface area contributed by atoms with Crippen molar-refractivity contribution in [2.24, 2.45) is 0 Å². The summed E-state index contributed by atoms with van der Waals surface area (Å²) in [5.74, 6) is 0.616. The van der Waals surface area contributed by atoms with Gasteiger partial charge in [0, 0.05) is 18.8 Å². The Morgan fingerprint density at radius 3 is 2.76 bits per heavy atom. The van der Waals surface area contributed by atoms with Gasteiger partial charge in [0.25, 0.3) is 0 Å². The molecule has 1 atom stereocenters. The third-order valence-electron chi connectivity index (χ3n) is 5.51. The molecule has 6 nitrogen and oxygen atoms in total. The largest absolute Gasteiger partial charge is 0.435 e. The molecule has 29 heavy (non-hydrogen) atoms. The van der Waals surface area contributed by atoms with E-state index in [0.717, 1.165) is 18.4 Å². The molecule has 0 spiro atoms. The standard InChI is InChI=1S/C19H22F2N2O4S2/c1-22(14-4-5-14)18(24)17-10-28-11-23(17)29(25,26)16-7-3-12-8-15(27-19(20)21)6-2-13(12)9-16/h2,6,8-9,14,17,19H,3-5,7,10-11H2,1H3. The molecule has 1 aromatic rings. The SMILES string of the molecule is CN(C(=O)C1CSCN1S(=O)(=O)C1=Cc2ccc(OC(F)F)cc2CC1)C1CC1. The van der Waals surface area contributed by atoms with E-state index in [4.69, 9.17) is 0 Å². The van der Waals surface area contributed by atoms with Gasteiger partial charge in [-0.05, 0) is 55.0 Å². The van der Waals surface area contributed by atoms with Crippen molar-refractivity contribution < 1.29 is 26.7 Å². The van der Waals surface area contributed by atoms with E-state index in [1.807, 2.05) is 0 Å². The summed E-state index contributed by atoms with van der Waals surface area (Å²) < 4.78 is 57.1. The summed E-state index contributed by atoms with van der Waals surface area (Å²) in [7, 11) is -2.05. The number of carbonyl (C=O) groups excluding carboxylic acids is 1. The van der Waals surface area contributed by atoms with Crippen molar-refractivity contribution in [2.75, 3.05) is 18.7 Å². The molecule has 1 saturated heterocycles.